The van der Waals surface area contributed by atoms with Gasteiger partial charge in [0.05, 0.1) is 0 Å². The smallest absolute Gasteiger partial charge is 0.249 e. The first kappa shape index (κ1) is 13.7. The molecule has 0 aliphatic carbocycles. The molecule has 1 aromatic carbocycles. The largest absolute Gasteiger partial charge is 0.422 e. The van der Waals surface area contributed by atoms with E-state index in [0.717, 1.165) is 25.1 Å². The Morgan fingerprint density at radius 2 is 2.05 bits per heavy atom. The van der Waals surface area contributed by atoms with Crippen molar-refractivity contribution in [3.05, 3.63) is 47.7 Å². The molecule has 1 atom stereocenters. The van der Waals surface area contributed by atoms with Gasteiger partial charge in [0.15, 0.2) is 6.10 Å². The first-order chi connectivity index (χ1) is 9.35. The van der Waals surface area contributed by atoms with Crippen LogP contribution in [0.4, 0.5) is 0 Å². The average molecular weight is 261 g/mol. The van der Waals surface area contributed by atoms with Crippen molar-refractivity contribution in [2.24, 2.45) is 0 Å². The van der Waals surface area contributed by atoms with Crippen molar-refractivity contribution in [3.8, 4) is 0 Å². The molecule has 102 valence electrons. The van der Waals surface area contributed by atoms with E-state index in [1.807, 2.05) is 30.3 Å². The lowest BCUT2D eigenvalue weighted by Gasteiger charge is -2.10. The monoisotopic (exact) mass is 261 g/mol. The Labute approximate surface area is 113 Å². The average Bonchev–Trinajstić information content (AvgIpc) is 2.90. The van der Waals surface area contributed by atoms with E-state index in [-0.39, 0.29) is 6.10 Å². The molecule has 0 radical (unpaired) electrons. The maximum absolute atomic E-state index is 5.65. The van der Waals surface area contributed by atoms with Crippen LogP contribution in [0, 0.1) is 0 Å². The maximum Gasteiger partial charge on any atom is 0.249 e. The summed E-state index contributed by atoms with van der Waals surface area (Å²) in [7, 11) is 1.64. The molecule has 19 heavy (non-hydrogen) atoms. The van der Waals surface area contributed by atoms with E-state index in [9.17, 15) is 0 Å². The van der Waals surface area contributed by atoms with Crippen LogP contribution in [-0.4, -0.2) is 30.4 Å². The van der Waals surface area contributed by atoms with E-state index in [0.29, 0.717) is 11.8 Å². The van der Waals surface area contributed by atoms with E-state index >= 15 is 0 Å². The Balaban J connectivity index is 2.07. The second kappa shape index (κ2) is 7.01. The van der Waals surface area contributed by atoms with E-state index in [4.69, 9.17) is 9.15 Å². The number of nitrogens with one attached hydrogen (secondary N) is 1. The Morgan fingerprint density at radius 1 is 1.26 bits per heavy atom. The third kappa shape index (κ3) is 3.62. The van der Waals surface area contributed by atoms with E-state index in [2.05, 4.69) is 22.4 Å². The summed E-state index contributed by atoms with van der Waals surface area (Å²) in [5, 5.41) is 11.3. The van der Waals surface area contributed by atoms with Gasteiger partial charge in [0, 0.05) is 20.1 Å². The summed E-state index contributed by atoms with van der Waals surface area (Å²) >= 11 is 0. The van der Waals surface area contributed by atoms with Crippen molar-refractivity contribution in [1.82, 2.24) is 15.5 Å². The standard InChI is InChI=1S/C14H19N3O2/c1-3-15-10-9-12-16-17-14(19-12)13(18-2)11-7-5-4-6-8-11/h4-8,13,15H,3,9-10H2,1-2H3. The van der Waals surface area contributed by atoms with Crippen molar-refractivity contribution in [2.75, 3.05) is 20.2 Å². The predicted octanol–water partition coefficient (Wildman–Crippen LogP) is 1.96. The van der Waals surface area contributed by atoms with Crippen molar-refractivity contribution in [1.29, 1.82) is 0 Å². The van der Waals surface area contributed by atoms with Gasteiger partial charge in [-0.25, -0.2) is 0 Å². The van der Waals surface area contributed by atoms with Crippen LogP contribution in [-0.2, 0) is 11.2 Å². The van der Waals surface area contributed by atoms with Crippen LogP contribution >= 0.6 is 0 Å². The second-order valence-electron chi connectivity index (χ2n) is 4.16. The molecular weight excluding hydrogens is 242 g/mol. The Morgan fingerprint density at radius 3 is 2.74 bits per heavy atom. The zero-order chi connectivity index (χ0) is 13.5. The topological polar surface area (TPSA) is 60.2 Å². The Bertz CT molecular complexity index is 484. The molecule has 1 aromatic heterocycles. The van der Waals surface area contributed by atoms with Crippen molar-refractivity contribution < 1.29 is 9.15 Å². The van der Waals surface area contributed by atoms with Gasteiger partial charge in [-0.3, -0.25) is 0 Å². The third-order valence-corrected chi connectivity index (χ3v) is 2.81. The van der Waals surface area contributed by atoms with Gasteiger partial charge in [0.2, 0.25) is 11.8 Å². The number of nitrogens with zero attached hydrogens (tertiary/aromatic N) is 2. The highest BCUT2D eigenvalue weighted by Gasteiger charge is 2.19. The molecule has 0 aliphatic heterocycles. The molecule has 1 N–H and O–H groups in total. The molecular formula is C14H19N3O2. The Kier molecular flexibility index (Phi) is 5.06. The van der Waals surface area contributed by atoms with Crippen LogP contribution in [0.1, 0.15) is 30.4 Å². The summed E-state index contributed by atoms with van der Waals surface area (Å²) in [6, 6.07) is 9.85. The number of benzene rings is 1. The molecule has 0 bridgehead atoms. The van der Waals surface area contributed by atoms with Gasteiger partial charge in [-0.1, -0.05) is 37.3 Å². The fourth-order valence-electron chi connectivity index (χ4n) is 1.85. The summed E-state index contributed by atoms with van der Waals surface area (Å²) in [5.74, 6) is 1.13. The predicted molar refractivity (Wildman–Crippen MR) is 71.8 cm³/mol. The normalized spacial score (nSPS) is 12.5. The third-order valence-electron chi connectivity index (χ3n) is 2.81. The summed E-state index contributed by atoms with van der Waals surface area (Å²) < 4.78 is 11.1. The van der Waals surface area contributed by atoms with Gasteiger partial charge in [-0.15, -0.1) is 10.2 Å². The minimum Gasteiger partial charge on any atom is -0.422 e. The van der Waals surface area contributed by atoms with Gasteiger partial charge in [0.25, 0.3) is 0 Å². The highest BCUT2D eigenvalue weighted by Crippen LogP contribution is 2.23. The minimum atomic E-state index is -0.304. The number of likely N-dealkylation sites (N-methyl/N-ethyl adjacent to an activating group) is 1. The number of hydrogen-bond donors (Lipinski definition) is 1. The Hall–Kier alpha value is -1.72. The summed E-state index contributed by atoms with van der Waals surface area (Å²) in [4.78, 5) is 0. The summed E-state index contributed by atoms with van der Waals surface area (Å²) in [6.45, 7) is 3.84. The number of methoxy groups -OCH3 is 1. The van der Waals surface area contributed by atoms with E-state index in [1.165, 1.54) is 0 Å². The fourth-order valence-corrected chi connectivity index (χ4v) is 1.85. The molecule has 0 amide bonds. The lowest BCUT2D eigenvalue weighted by molar-refractivity contribution is 0.110. The first-order valence-corrected chi connectivity index (χ1v) is 6.46. The van der Waals surface area contributed by atoms with Gasteiger partial charge in [-0.2, -0.15) is 0 Å². The summed E-state index contributed by atoms with van der Waals surface area (Å²) in [6.07, 6.45) is 0.424. The number of aromatic nitrogens is 2. The molecule has 0 spiro atoms. The lowest BCUT2D eigenvalue weighted by atomic mass is 10.1. The van der Waals surface area contributed by atoms with Gasteiger partial charge in [0.1, 0.15) is 0 Å². The molecule has 0 saturated carbocycles. The van der Waals surface area contributed by atoms with Crippen LogP contribution in [0.5, 0.6) is 0 Å². The van der Waals surface area contributed by atoms with Crippen LogP contribution in [0.3, 0.4) is 0 Å². The molecule has 5 heteroatoms. The fraction of sp³-hybridized carbons (Fsp3) is 0.429. The van der Waals surface area contributed by atoms with Crippen molar-refractivity contribution in [2.45, 2.75) is 19.4 Å². The van der Waals surface area contributed by atoms with E-state index < -0.39 is 0 Å². The maximum atomic E-state index is 5.65. The number of hydrogen-bond acceptors (Lipinski definition) is 5. The molecule has 1 unspecified atom stereocenters. The van der Waals surface area contributed by atoms with E-state index in [1.54, 1.807) is 7.11 Å². The molecule has 0 fully saturated rings. The lowest BCUT2D eigenvalue weighted by Crippen LogP contribution is -2.16. The zero-order valence-electron chi connectivity index (χ0n) is 11.3. The first-order valence-electron chi connectivity index (χ1n) is 6.46. The van der Waals surface area contributed by atoms with Crippen LogP contribution < -0.4 is 5.32 Å². The van der Waals surface area contributed by atoms with Crippen LogP contribution in [0.15, 0.2) is 34.7 Å². The van der Waals surface area contributed by atoms with Crippen LogP contribution in [0.25, 0.3) is 0 Å². The molecule has 1 heterocycles. The van der Waals surface area contributed by atoms with Crippen LogP contribution in [0.2, 0.25) is 0 Å². The zero-order valence-corrected chi connectivity index (χ0v) is 11.3. The highest BCUT2D eigenvalue weighted by molar-refractivity contribution is 5.21. The van der Waals surface area contributed by atoms with Gasteiger partial charge >= 0.3 is 0 Å². The SMILES string of the molecule is CCNCCc1nnc(C(OC)c2ccccc2)o1. The molecule has 2 aromatic rings. The molecule has 2 rings (SSSR count). The number of rotatable bonds is 7. The molecule has 0 aliphatic rings. The molecule has 0 saturated heterocycles. The van der Waals surface area contributed by atoms with Crippen molar-refractivity contribution >= 4 is 0 Å². The summed E-state index contributed by atoms with van der Waals surface area (Å²) in [5.41, 5.74) is 1.01. The van der Waals surface area contributed by atoms with Gasteiger partial charge < -0.3 is 14.5 Å². The highest BCUT2D eigenvalue weighted by atomic mass is 16.5. The minimum absolute atomic E-state index is 0.304. The number of ether oxygens (including phenoxy) is 1. The second-order valence-corrected chi connectivity index (χ2v) is 4.16. The quantitative estimate of drug-likeness (QED) is 0.772. The van der Waals surface area contributed by atoms with Gasteiger partial charge in [-0.05, 0) is 12.1 Å². The van der Waals surface area contributed by atoms with Crippen molar-refractivity contribution in [3.63, 3.8) is 0 Å². The molecule has 5 nitrogen and oxygen atoms in total.